The number of aromatic nitrogens is 1. The molecule has 166 valence electrons. The lowest BCUT2D eigenvalue weighted by Crippen LogP contribution is -2.29. The number of esters is 2. The summed E-state index contributed by atoms with van der Waals surface area (Å²) < 4.78 is 17.2. The second-order valence-corrected chi connectivity index (χ2v) is 9.23. The van der Waals surface area contributed by atoms with E-state index >= 15 is 0 Å². The summed E-state index contributed by atoms with van der Waals surface area (Å²) in [5.41, 5.74) is 3.59. The van der Waals surface area contributed by atoms with Crippen LogP contribution in [-0.2, 0) is 19.0 Å². The summed E-state index contributed by atoms with van der Waals surface area (Å²) >= 11 is 0. The van der Waals surface area contributed by atoms with Gasteiger partial charge >= 0.3 is 11.9 Å². The Morgan fingerprint density at radius 3 is 3.00 bits per heavy atom. The van der Waals surface area contributed by atoms with Gasteiger partial charge in [-0.3, -0.25) is 4.98 Å². The van der Waals surface area contributed by atoms with Gasteiger partial charge < -0.3 is 14.2 Å². The number of allylic oxidation sites excluding steroid dienone is 1. The first-order valence-corrected chi connectivity index (χ1v) is 11.1. The van der Waals surface area contributed by atoms with Crippen molar-refractivity contribution in [3.05, 3.63) is 65.4 Å². The molecule has 6 heteroatoms. The van der Waals surface area contributed by atoms with Gasteiger partial charge in [0, 0.05) is 22.6 Å². The first-order chi connectivity index (χ1) is 15.3. The molecule has 1 aromatic carbocycles. The van der Waals surface area contributed by atoms with Crippen LogP contribution in [0.5, 0.6) is 0 Å². The van der Waals surface area contributed by atoms with Crippen LogP contribution in [0.4, 0.5) is 0 Å². The Hall–Kier alpha value is -2.99. The highest BCUT2D eigenvalue weighted by Gasteiger charge is 2.61. The number of epoxide rings is 1. The third-order valence-electron chi connectivity index (χ3n) is 6.89. The minimum absolute atomic E-state index is 0.0605. The van der Waals surface area contributed by atoms with Crippen molar-refractivity contribution in [1.29, 1.82) is 0 Å². The van der Waals surface area contributed by atoms with E-state index < -0.39 is 0 Å². The number of hydrogen-bond donors (Lipinski definition) is 0. The molecule has 0 spiro atoms. The number of carbonyl (C=O) groups is 2. The normalized spacial score (nSPS) is 31.2. The number of rotatable bonds is 3. The molecule has 3 aliphatic rings. The standard InChI is InChI=1S/C26H27NO5/c1-15-6-8-18-13-19(9-11-21(18)27-15)25(29)30-14-17-5-4-12-26(3)23(32-26)22-20(10-7-17)16(2)24(28)31-22/h5-6,8-9,11,13,20,22-23H,2,4,7,10,12,14H2,1,3H3/b17-5+/t20-,22-,23-,26+/m0/s1. The zero-order valence-corrected chi connectivity index (χ0v) is 18.4. The molecule has 0 saturated carbocycles. The van der Waals surface area contributed by atoms with Gasteiger partial charge in [0.1, 0.15) is 18.8 Å². The molecule has 1 aliphatic carbocycles. The third-order valence-corrected chi connectivity index (χ3v) is 6.89. The lowest BCUT2D eigenvalue weighted by Gasteiger charge is -2.20. The van der Waals surface area contributed by atoms with Gasteiger partial charge in [0.25, 0.3) is 0 Å². The highest BCUT2D eigenvalue weighted by molar-refractivity contribution is 5.94. The minimum atomic E-state index is -0.357. The van der Waals surface area contributed by atoms with E-state index in [9.17, 15) is 9.59 Å². The Labute approximate surface area is 187 Å². The van der Waals surface area contributed by atoms with Crippen molar-refractivity contribution in [2.75, 3.05) is 6.61 Å². The summed E-state index contributed by atoms with van der Waals surface area (Å²) in [5, 5.41) is 0.908. The van der Waals surface area contributed by atoms with Gasteiger partial charge in [0.15, 0.2) is 0 Å². The maximum atomic E-state index is 12.7. The van der Waals surface area contributed by atoms with Crippen molar-refractivity contribution < 1.29 is 23.8 Å². The van der Waals surface area contributed by atoms with Gasteiger partial charge in [0.2, 0.25) is 0 Å². The van der Waals surface area contributed by atoms with Crippen molar-refractivity contribution in [1.82, 2.24) is 4.98 Å². The molecule has 2 fully saturated rings. The van der Waals surface area contributed by atoms with E-state index in [1.165, 1.54) is 0 Å². The van der Waals surface area contributed by atoms with Gasteiger partial charge in [0.05, 0.1) is 16.7 Å². The van der Waals surface area contributed by atoms with Crippen molar-refractivity contribution in [3.63, 3.8) is 0 Å². The van der Waals surface area contributed by atoms with Crippen LogP contribution >= 0.6 is 0 Å². The molecular formula is C26H27NO5. The Kier molecular flexibility index (Phi) is 5.13. The number of hydrogen-bond acceptors (Lipinski definition) is 6. The number of ether oxygens (including phenoxy) is 3. The zero-order valence-electron chi connectivity index (χ0n) is 18.4. The molecule has 0 unspecified atom stereocenters. The number of fused-ring (bicyclic) bond motifs is 4. The first kappa shape index (κ1) is 20.9. The van der Waals surface area contributed by atoms with Crippen LogP contribution in [0.25, 0.3) is 10.9 Å². The van der Waals surface area contributed by atoms with Gasteiger partial charge in [-0.2, -0.15) is 0 Å². The van der Waals surface area contributed by atoms with E-state index in [-0.39, 0.29) is 42.3 Å². The topological polar surface area (TPSA) is 78.0 Å². The molecule has 32 heavy (non-hydrogen) atoms. The maximum absolute atomic E-state index is 12.7. The fourth-order valence-electron chi connectivity index (χ4n) is 4.85. The molecule has 4 atom stereocenters. The summed E-state index contributed by atoms with van der Waals surface area (Å²) in [6.45, 7) is 8.18. The quantitative estimate of drug-likeness (QED) is 0.308. The van der Waals surface area contributed by atoms with Crippen LogP contribution in [0.2, 0.25) is 0 Å². The number of nitrogens with zero attached hydrogens (tertiary/aromatic N) is 1. The average molecular weight is 434 g/mol. The van der Waals surface area contributed by atoms with Crippen molar-refractivity contribution in [2.24, 2.45) is 5.92 Å². The number of aryl methyl sites for hydroxylation is 1. The summed E-state index contributed by atoms with van der Waals surface area (Å²) in [4.78, 5) is 29.3. The molecule has 2 saturated heterocycles. The largest absolute Gasteiger partial charge is 0.458 e. The molecule has 0 radical (unpaired) electrons. The molecular weight excluding hydrogens is 406 g/mol. The SMILES string of the molecule is C=C1C(=O)O[C@H]2[C@H]1CC/C(COC(=O)c1ccc3nc(C)ccc3c1)=C\CC[C@@]1(C)O[C@@H]21. The summed E-state index contributed by atoms with van der Waals surface area (Å²) in [6.07, 6.45) is 4.91. The van der Waals surface area contributed by atoms with Gasteiger partial charge in [-0.1, -0.05) is 18.7 Å². The lowest BCUT2D eigenvalue weighted by atomic mass is 9.84. The fraction of sp³-hybridized carbons (Fsp3) is 0.423. The molecule has 1 aromatic heterocycles. The summed E-state index contributed by atoms with van der Waals surface area (Å²) in [6, 6.07) is 9.29. The van der Waals surface area contributed by atoms with Gasteiger partial charge in [-0.15, -0.1) is 0 Å². The third kappa shape index (κ3) is 3.84. The average Bonchev–Trinajstić information content (AvgIpc) is 3.37. The molecule has 2 aromatic rings. The van der Waals surface area contributed by atoms with E-state index in [2.05, 4.69) is 24.6 Å². The van der Waals surface area contributed by atoms with E-state index in [1.807, 2.05) is 31.2 Å². The first-order valence-electron chi connectivity index (χ1n) is 11.1. The second-order valence-electron chi connectivity index (χ2n) is 9.23. The molecule has 0 bridgehead atoms. The number of carbonyl (C=O) groups excluding carboxylic acids is 2. The van der Waals surface area contributed by atoms with E-state index in [1.54, 1.807) is 6.07 Å². The predicted octanol–water partition coefficient (Wildman–Crippen LogP) is 4.46. The highest BCUT2D eigenvalue weighted by atomic mass is 16.6. The van der Waals surface area contributed by atoms with Crippen LogP contribution < -0.4 is 0 Å². The highest BCUT2D eigenvalue weighted by Crippen LogP contribution is 2.49. The van der Waals surface area contributed by atoms with Crippen LogP contribution in [0.1, 0.15) is 48.7 Å². The van der Waals surface area contributed by atoms with Crippen LogP contribution in [0, 0.1) is 12.8 Å². The van der Waals surface area contributed by atoms with Crippen LogP contribution in [-0.4, -0.2) is 41.3 Å². The van der Waals surface area contributed by atoms with Crippen molar-refractivity contribution in [3.8, 4) is 0 Å². The Bertz CT molecular complexity index is 1150. The molecule has 5 rings (SSSR count). The smallest absolute Gasteiger partial charge is 0.338 e. The van der Waals surface area contributed by atoms with E-state index in [0.29, 0.717) is 17.6 Å². The zero-order chi connectivity index (χ0) is 22.5. The number of pyridine rings is 1. The Morgan fingerprint density at radius 1 is 1.31 bits per heavy atom. The molecule has 0 N–H and O–H groups in total. The van der Waals surface area contributed by atoms with E-state index in [0.717, 1.165) is 41.4 Å². The second kappa shape index (κ2) is 7.85. The van der Waals surface area contributed by atoms with E-state index in [4.69, 9.17) is 14.2 Å². The fourth-order valence-corrected chi connectivity index (χ4v) is 4.85. The molecule has 6 nitrogen and oxygen atoms in total. The number of benzene rings is 1. The Balaban J connectivity index is 1.28. The Morgan fingerprint density at radius 2 is 2.16 bits per heavy atom. The minimum Gasteiger partial charge on any atom is -0.458 e. The summed E-state index contributed by atoms with van der Waals surface area (Å²) in [5.74, 6) is -0.748. The molecule has 3 heterocycles. The molecule has 0 amide bonds. The lowest BCUT2D eigenvalue weighted by molar-refractivity contribution is -0.140. The predicted molar refractivity (Wildman–Crippen MR) is 119 cm³/mol. The van der Waals surface area contributed by atoms with Crippen LogP contribution in [0.15, 0.2) is 54.1 Å². The summed E-state index contributed by atoms with van der Waals surface area (Å²) in [7, 11) is 0. The van der Waals surface area contributed by atoms with Gasteiger partial charge in [-0.05, 0) is 69.4 Å². The maximum Gasteiger partial charge on any atom is 0.338 e. The van der Waals surface area contributed by atoms with Gasteiger partial charge in [-0.25, -0.2) is 9.59 Å². The van der Waals surface area contributed by atoms with Crippen molar-refractivity contribution >= 4 is 22.8 Å². The monoisotopic (exact) mass is 433 g/mol. The molecule has 2 aliphatic heterocycles. The van der Waals surface area contributed by atoms with Crippen LogP contribution in [0.3, 0.4) is 0 Å². The van der Waals surface area contributed by atoms with Crippen molar-refractivity contribution in [2.45, 2.75) is 57.3 Å².